The summed E-state index contributed by atoms with van der Waals surface area (Å²) in [6, 6.07) is 7.08. The molecule has 24 heavy (non-hydrogen) atoms. The van der Waals surface area contributed by atoms with Crippen molar-refractivity contribution in [2.24, 2.45) is 5.92 Å². The number of nitrogens with one attached hydrogen (secondary N) is 4. The number of fused-ring (bicyclic) bond motifs is 1. The molecule has 126 valence electrons. The van der Waals surface area contributed by atoms with E-state index in [0.717, 1.165) is 24.2 Å². The molecule has 2 aromatic rings. The van der Waals surface area contributed by atoms with Gasteiger partial charge in [-0.05, 0) is 18.2 Å². The van der Waals surface area contributed by atoms with E-state index in [9.17, 15) is 9.59 Å². The number of amides is 2. The van der Waals surface area contributed by atoms with Crippen molar-refractivity contribution < 1.29 is 9.59 Å². The van der Waals surface area contributed by atoms with Crippen molar-refractivity contribution >= 4 is 23.2 Å². The lowest BCUT2D eigenvalue weighted by Gasteiger charge is -2.13. The molecule has 1 aliphatic heterocycles. The number of anilines is 2. The fraction of sp³-hybridized carbons (Fsp3) is 0.353. The summed E-state index contributed by atoms with van der Waals surface area (Å²) >= 11 is 0. The Morgan fingerprint density at radius 3 is 2.71 bits per heavy atom. The Bertz CT molecular complexity index is 766. The van der Waals surface area contributed by atoms with Gasteiger partial charge in [0.25, 0.3) is 5.91 Å². The van der Waals surface area contributed by atoms with Crippen molar-refractivity contribution in [3.63, 3.8) is 0 Å². The number of benzene rings is 1. The van der Waals surface area contributed by atoms with Crippen molar-refractivity contribution in [2.75, 3.05) is 17.2 Å². The molecular weight excluding hydrogens is 306 g/mol. The zero-order chi connectivity index (χ0) is 17.1. The van der Waals surface area contributed by atoms with Crippen molar-refractivity contribution in [2.45, 2.75) is 26.8 Å². The van der Waals surface area contributed by atoms with Gasteiger partial charge in [-0.15, -0.1) is 0 Å². The van der Waals surface area contributed by atoms with Crippen LogP contribution in [0.2, 0.25) is 0 Å². The van der Waals surface area contributed by atoms with Crippen LogP contribution in [0.3, 0.4) is 0 Å². The van der Waals surface area contributed by atoms with Gasteiger partial charge in [-0.3, -0.25) is 14.7 Å². The maximum absolute atomic E-state index is 12.5. The van der Waals surface area contributed by atoms with Crippen LogP contribution in [0.4, 0.5) is 11.4 Å². The predicted molar refractivity (Wildman–Crippen MR) is 91.9 cm³/mol. The molecule has 2 heterocycles. The minimum atomic E-state index is -0.261. The third-order valence-electron chi connectivity index (χ3n) is 3.93. The number of nitrogens with zero attached hydrogens (tertiary/aromatic N) is 1. The molecule has 0 fully saturated rings. The van der Waals surface area contributed by atoms with E-state index in [2.05, 4.69) is 26.1 Å². The van der Waals surface area contributed by atoms with Crippen LogP contribution in [0.5, 0.6) is 0 Å². The highest BCUT2D eigenvalue weighted by Crippen LogP contribution is 2.19. The summed E-state index contributed by atoms with van der Waals surface area (Å²) in [5.41, 5.74) is 3.60. The van der Waals surface area contributed by atoms with Crippen molar-refractivity contribution in [1.82, 2.24) is 15.5 Å². The lowest BCUT2D eigenvalue weighted by Crippen LogP contribution is -2.25. The van der Waals surface area contributed by atoms with Gasteiger partial charge in [0, 0.05) is 48.1 Å². The maximum Gasteiger partial charge on any atom is 0.276 e. The number of hydrogen-bond acceptors (Lipinski definition) is 4. The average Bonchev–Trinajstić information content (AvgIpc) is 2.99. The summed E-state index contributed by atoms with van der Waals surface area (Å²) in [6.45, 7) is 5.18. The van der Waals surface area contributed by atoms with Gasteiger partial charge >= 0.3 is 0 Å². The predicted octanol–water partition coefficient (Wildman–Crippen LogP) is 1.90. The lowest BCUT2D eigenvalue weighted by molar-refractivity contribution is -0.118. The highest BCUT2D eigenvalue weighted by molar-refractivity contribution is 6.04. The van der Waals surface area contributed by atoms with Crippen molar-refractivity contribution in [3.05, 3.63) is 41.2 Å². The third kappa shape index (κ3) is 3.46. The van der Waals surface area contributed by atoms with Gasteiger partial charge in [0.2, 0.25) is 5.91 Å². The molecule has 1 aromatic heterocycles. The standard InChI is InChI=1S/C17H21N5O2/c1-10(2)16(23)19-11-4-3-5-12(8-11)20-17(24)15-13-9-18-7-6-14(13)21-22-15/h3-5,8,10,18H,6-7,9H2,1-2H3,(H,19,23)(H,20,24)(H,21,22). The quantitative estimate of drug-likeness (QED) is 0.689. The second kappa shape index (κ2) is 6.84. The Balaban J connectivity index is 1.73. The second-order valence-electron chi connectivity index (χ2n) is 6.13. The van der Waals surface area contributed by atoms with E-state index < -0.39 is 0 Å². The monoisotopic (exact) mass is 327 g/mol. The SMILES string of the molecule is CC(C)C(=O)Nc1cccc(NC(=O)c2n[nH]c3c2CNCC3)c1. The van der Waals surface area contributed by atoms with Gasteiger partial charge in [-0.2, -0.15) is 5.10 Å². The summed E-state index contributed by atoms with van der Waals surface area (Å²) in [7, 11) is 0. The van der Waals surface area contributed by atoms with Crippen LogP contribution in [0, 0.1) is 5.92 Å². The number of rotatable bonds is 4. The van der Waals surface area contributed by atoms with Crippen LogP contribution in [0.1, 0.15) is 35.6 Å². The van der Waals surface area contributed by atoms with Gasteiger partial charge < -0.3 is 16.0 Å². The number of H-pyrrole nitrogens is 1. The zero-order valence-electron chi connectivity index (χ0n) is 13.8. The van der Waals surface area contributed by atoms with E-state index in [1.807, 2.05) is 13.8 Å². The van der Waals surface area contributed by atoms with Gasteiger partial charge in [0.1, 0.15) is 0 Å². The fourth-order valence-electron chi connectivity index (χ4n) is 2.56. The van der Waals surface area contributed by atoms with Crippen LogP contribution < -0.4 is 16.0 Å². The molecule has 0 radical (unpaired) electrons. The molecule has 2 amide bonds. The molecule has 0 saturated carbocycles. The first-order chi connectivity index (χ1) is 11.5. The van der Waals surface area contributed by atoms with E-state index >= 15 is 0 Å². The number of aromatic nitrogens is 2. The average molecular weight is 327 g/mol. The second-order valence-corrected chi connectivity index (χ2v) is 6.13. The number of carbonyl (C=O) groups is 2. The molecule has 0 saturated heterocycles. The molecule has 0 spiro atoms. The molecule has 0 unspecified atom stereocenters. The lowest BCUT2D eigenvalue weighted by atomic mass is 10.1. The molecule has 7 nitrogen and oxygen atoms in total. The van der Waals surface area contributed by atoms with Crippen LogP contribution in [0.25, 0.3) is 0 Å². The van der Waals surface area contributed by atoms with E-state index in [1.165, 1.54) is 0 Å². The zero-order valence-corrected chi connectivity index (χ0v) is 13.8. The fourth-order valence-corrected chi connectivity index (χ4v) is 2.56. The molecular formula is C17H21N5O2. The molecule has 1 aromatic carbocycles. The minimum absolute atomic E-state index is 0.0640. The summed E-state index contributed by atoms with van der Waals surface area (Å²) in [6.07, 6.45) is 0.840. The van der Waals surface area contributed by atoms with Gasteiger partial charge in [-0.25, -0.2) is 0 Å². The molecule has 1 aliphatic rings. The van der Waals surface area contributed by atoms with E-state index in [1.54, 1.807) is 24.3 Å². The normalized spacial score (nSPS) is 13.5. The number of carbonyl (C=O) groups excluding carboxylic acids is 2. The Morgan fingerprint density at radius 1 is 1.21 bits per heavy atom. The summed E-state index contributed by atoms with van der Waals surface area (Å²) < 4.78 is 0. The van der Waals surface area contributed by atoms with Crippen LogP contribution in [0.15, 0.2) is 24.3 Å². The smallest absolute Gasteiger partial charge is 0.276 e. The summed E-state index contributed by atoms with van der Waals surface area (Å²) in [4.78, 5) is 24.3. The Morgan fingerprint density at radius 2 is 1.96 bits per heavy atom. The molecule has 0 aliphatic carbocycles. The number of aromatic amines is 1. The summed E-state index contributed by atoms with van der Waals surface area (Å²) in [5.74, 6) is -0.430. The molecule has 4 N–H and O–H groups in total. The topological polar surface area (TPSA) is 98.9 Å². The van der Waals surface area contributed by atoms with Crippen molar-refractivity contribution in [1.29, 1.82) is 0 Å². The molecule has 7 heteroatoms. The Labute approximate surface area is 140 Å². The largest absolute Gasteiger partial charge is 0.326 e. The maximum atomic E-state index is 12.5. The van der Waals surface area contributed by atoms with E-state index in [0.29, 0.717) is 23.6 Å². The summed E-state index contributed by atoms with van der Waals surface area (Å²) in [5, 5.41) is 16.0. The molecule has 0 atom stereocenters. The third-order valence-corrected chi connectivity index (χ3v) is 3.93. The number of hydrogen-bond donors (Lipinski definition) is 4. The Hall–Kier alpha value is -2.67. The van der Waals surface area contributed by atoms with Gasteiger partial charge in [0.15, 0.2) is 5.69 Å². The van der Waals surface area contributed by atoms with Crippen molar-refractivity contribution in [3.8, 4) is 0 Å². The van der Waals surface area contributed by atoms with Gasteiger partial charge in [-0.1, -0.05) is 19.9 Å². The highest BCUT2D eigenvalue weighted by Gasteiger charge is 2.21. The molecule has 3 rings (SSSR count). The first kappa shape index (κ1) is 16.2. The minimum Gasteiger partial charge on any atom is -0.326 e. The molecule has 0 bridgehead atoms. The first-order valence-corrected chi connectivity index (χ1v) is 8.03. The first-order valence-electron chi connectivity index (χ1n) is 8.03. The van der Waals surface area contributed by atoms with Gasteiger partial charge in [0.05, 0.1) is 0 Å². The van der Waals surface area contributed by atoms with E-state index in [4.69, 9.17) is 0 Å². The van der Waals surface area contributed by atoms with Crippen LogP contribution in [-0.2, 0) is 17.8 Å². The van der Waals surface area contributed by atoms with E-state index in [-0.39, 0.29) is 17.7 Å². The highest BCUT2D eigenvalue weighted by atomic mass is 16.2. The Kier molecular flexibility index (Phi) is 4.61. The van der Waals surface area contributed by atoms with Crippen LogP contribution in [-0.4, -0.2) is 28.6 Å². The van der Waals surface area contributed by atoms with Crippen LogP contribution >= 0.6 is 0 Å².